The molecule has 3 aliphatic rings. The van der Waals surface area contributed by atoms with Crippen LogP contribution in [0.2, 0.25) is 0 Å². The van der Waals surface area contributed by atoms with E-state index in [0.717, 1.165) is 31.3 Å². The minimum absolute atomic E-state index is 0.0332. The SMILES string of the molecule is CC1=C(O)C(=O)C[C@@]2(C)C1CC[C@@]1(C)c3cocc3CCC21. The Kier molecular flexibility index (Phi) is 2.74. The molecule has 4 atom stereocenters. The zero-order valence-corrected chi connectivity index (χ0v) is 13.6. The number of Topliss-reactive ketones (excluding diaryl/α,β-unsaturated/α-hetero) is 1. The molecule has 1 aromatic rings. The summed E-state index contributed by atoms with van der Waals surface area (Å²) in [7, 11) is 0. The van der Waals surface area contributed by atoms with Crippen molar-refractivity contribution in [1.82, 2.24) is 0 Å². The van der Waals surface area contributed by atoms with Crippen molar-refractivity contribution in [3.63, 3.8) is 0 Å². The van der Waals surface area contributed by atoms with Gasteiger partial charge in [-0.3, -0.25) is 4.79 Å². The molecule has 0 bridgehead atoms. The monoisotopic (exact) mass is 300 g/mol. The molecule has 118 valence electrons. The van der Waals surface area contributed by atoms with Crippen molar-refractivity contribution in [2.45, 2.75) is 58.3 Å². The third-order valence-corrected chi connectivity index (χ3v) is 7.08. The molecule has 2 unspecified atom stereocenters. The van der Waals surface area contributed by atoms with Crippen molar-refractivity contribution in [2.24, 2.45) is 17.3 Å². The topological polar surface area (TPSA) is 50.4 Å². The van der Waals surface area contributed by atoms with Crippen molar-refractivity contribution in [3.05, 3.63) is 35.0 Å². The summed E-state index contributed by atoms with van der Waals surface area (Å²) >= 11 is 0. The Morgan fingerprint density at radius 1 is 1.27 bits per heavy atom. The number of aliphatic hydroxyl groups is 1. The van der Waals surface area contributed by atoms with Gasteiger partial charge in [-0.1, -0.05) is 13.8 Å². The number of fused-ring (bicyclic) bond motifs is 5. The van der Waals surface area contributed by atoms with E-state index in [1.165, 1.54) is 11.1 Å². The van der Waals surface area contributed by atoms with Crippen molar-refractivity contribution in [3.8, 4) is 0 Å². The highest BCUT2D eigenvalue weighted by atomic mass is 16.3. The summed E-state index contributed by atoms with van der Waals surface area (Å²) in [4.78, 5) is 12.3. The first-order valence-electron chi connectivity index (χ1n) is 8.36. The molecule has 0 radical (unpaired) electrons. The van der Waals surface area contributed by atoms with Crippen LogP contribution in [0.15, 0.2) is 28.3 Å². The normalized spacial score (nSPS) is 41.0. The number of carbonyl (C=O) groups is 1. The van der Waals surface area contributed by atoms with Gasteiger partial charge in [0.05, 0.1) is 12.5 Å². The van der Waals surface area contributed by atoms with Gasteiger partial charge in [0.1, 0.15) is 0 Å². The van der Waals surface area contributed by atoms with Gasteiger partial charge in [-0.05, 0) is 72.0 Å². The minimum Gasteiger partial charge on any atom is -0.504 e. The molecule has 4 rings (SSSR count). The standard InChI is InChI=1S/C19H24O3/c1-11-13-6-7-18(2)14-10-22-9-12(14)4-5-16(18)19(13,3)8-15(20)17(11)21/h9-10,13,16,21H,4-8H2,1-3H3/t13?,16?,18-,19-/m0/s1. The summed E-state index contributed by atoms with van der Waals surface area (Å²) in [6.07, 6.45) is 8.59. The van der Waals surface area contributed by atoms with E-state index in [0.29, 0.717) is 18.3 Å². The van der Waals surface area contributed by atoms with Gasteiger partial charge >= 0.3 is 0 Å². The van der Waals surface area contributed by atoms with Crippen LogP contribution in [0.1, 0.15) is 57.6 Å². The summed E-state index contributed by atoms with van der Waals surface area (Å²) in [5.74, 6) is 0.761. The highest BCUT2D eigenvalue weighted by Crippen LogP contribution is 2.63. The molecule has 0 saturated heterocycles. The predicted molar refractivity (Wildman–Crippen MR) is 83.7 cm³/mol. The summed E-state index contributed by atoms with van der Waals surface area (Å²) in [5, 5.41) is 10.1. The maximum absolute atomic E-state index is 12.3. The molecule has 0 aromatic carbocycles. The van der Waals surface area contributed by atoms with Crippen LogP contribution in [-0.4, -0.2) is 10.9 Å². The first kappa shape index (κ1) is 14.1. The molecule has 1 aromatic heterocycles. The molecule has 1 heterocycles. The molecule has 0 aliphatic heterocycles. The third-order valence-electron chi connectivity index (χ3n) is 7.08. The van der Waals surface area contributed by atoms with Crippen molar-refractivity contribution >= 4 is 5.78 Å². The molecule has 3 aliphatic carbocycles. The van der Waals surface area contributed by atoms with E-state index in [9.17, 15) is 9.90 Å². The maximum Gasteiger partial charge on any atom is 0.197 e. The van der Waals surface area contributed by atoms with Crippen LogP contribution >= 0.6 is 0 Å². The van der Waals surface area contributed by atoms with Gasteiger partial charge in [0.25, 0.3) is 0 Å². The Hall–Kier alpha value is -1.51. The number of ketones is 1. The molecular formula is C19H24O3. The molecule has 3 heteroatoms. The van der Waals surface area contributed by atoms with E-state index in [1.807, 2.05) is 19.5 Å². The number of allylic oxidation sites excluding steroid dienone is 2. The first-order valence-corrected chi connectivity index (χ1v) is 8.36. The van der Waals surface area contributed by atoms with Gasteiger partial charge in [0, 0.05) is 6.42 Å². The van der Waals surface area contributed by atoms with E-state index in [4.69, 9.17) is 4.42 Å². The zero-order chi connectivity index (χ0) is 15.7. The quantitative estimate of drug-likeness (QED) is 0.776. The molecule has 0 amide bonds. The van der Waals surface area contributed by atoms with Crippen LogP contribution in [-0.2, 0) is 16.6 Å². The number of carbonyl (C=O) groups excluding carboxylic acids is 1. The molecule has 1 N–H and O–H groups in total. The van der Waals surface area contributed by atoms with Crippen LogP contribution in [0.25, 0.3) is 0 Å². The molecule has 0 spiro atoms. The average molecular weight is 300 g/mol. The minimum atomic E-state index is -0.0708. The second-order valence-electron chi connectivity index (χ2n) is 8.05. The van der Waals surface area contributed by atoms with Gasteiger partial charge in [0.2, 0.25) is 0 Å². The smallest absolute Gasteiger partial charge is 0.197 e. The fraction of sp³-hybridized carbons (Fsp3) is 0.632. The zero-order valence-electron chi connectivity index (χ0n) is 13.6. The summed E-state index contributed by atoms with van der Waals surface area (Å²) in [6, 6.07) is 0. The van der Waals surface area contributed by atoms with Gasteiger partial charge in [-0.25, -0.2) is 0 Å². The van der Waals surface area contributed by atoms with Crippen LogP contribution in [0, 0.1) is 17.3 Å². The predicted octanol–water partition coefficient (Wildman–Crippen LogP) is 4.32. The average Bonchev–Trinajstić information content (AvgIpc) is 2.94. The molecule has 1 saturated carbocycles. The number of rotatable bonds is 0. The van der Waals surface area contributed by atoms with Crippen molar-refractivity contribution in [1.29, 1.82) is 0 Å². The first-order chi connectivity index (χ1) is 10.4. The summed E-state index contributed by atoms with van der Waals surface area (Å²) in [5.41, 5.74) is 3.67. The van der Waals surface area contributed by atoms with Crippen LogP contribution in [0.5, 0.6) is 0 Å². The lowest BCUT2D eigenvalue weighted by molar-refractivity contribution is -0.127. The molecule has 22 heavy (non-hydrogen) atoms. The van der Waals surface area contributed by atoms with Gasteiger partial charge in [-0.15, -0.1) is 0 Å². The third kappa shape index (κ3) is 1.55. The van der Waals surface area contributed by atoms with Gasteiger partial charge in [0.15, 0.2) is 11.5 Å². The van der Waals surface area contributed by atoms with E-state index in [2.05, 4.69) is 13.8 Å². The Bertz CT molecular complexity index is 683. The van der Waals surface area contributed by atoms with E-state index in [1.54, 1.807) is 0 Å². The van der Waals surface area contributed by atoms with Gasteiger partial charge < -0.3 is 9.52 Å². The molecular weight excluding hydrogens is 276 g/mol. The van der Waals surface area contributed by atoms with E-state index < -0.39 is 0 Å². The van der Waals surface area contributed by atoms with Crippen LogP contribution < -0.4 is 0 Å². The number of aliphatic hydroxyl groups excluding tert-OH is 1. The van der Waals surface area contributed by atoms with Crippen LogP contribution in [0.4, 0.5) is 0 Å². The fourth-order valence-corrected chi connectivity index (χ4v) is 5.98. The number of hydrogen-bond donors (Lipinski definition) is 1. The summed E-state index contributed by atoms with van der Waals surface area (Å²) < 4.78 is 5.49. The largest absolute Gasteiger partial charge is 0.504 e. The second kappa shape index (κ2) is 4.27. The lowest BCUT2D eigenvalue weighted by Gasteiger charge is -2.59. The van der Waals surface area contributed by atoms with Crippen molar-refractivity contribution in [2.75, 3.05) is 0 Å². The van der Waals surface area contributed by atoms with Crippen molar-refractivity contribution < 1.29 is 14.3 Å². The second-order valence-corrected chi connectivity index (χ2v) is 8.05. The Morgan fingerprint density at radius 2 is 2.05 bits per heavy atom. The Labute approximate surface area is 131 Å². The highest BCUT2D eigenvalue weighted by molar-refractivity contribution is 5.95. The Morgan fingerprint density at radius 3 is 2.82 bits per heavy atom. The van der Waals surface area contributed by atoms with E-state index >= 15 is 0 Å². The lowest BCUT2D eigenvalue weighted by Crippen LogP contribution is -2.55. The number of aryl methyl sites for hydroxylation is 1. The van der Waals surface area contributed by atoms with E-state index in [-0.39, 0.29) is 22.4 Å². The fourth-order valence-electron chi connectivity index (χ4n) is 5.98. The maximum atomic E-state index is 12.3. The summed E-state index contributed by atoms with van der Waals surface area (Å²) in [6.45, 7) is 6.58. The molecule has 3 nitrogen and oxygen atoms in total. The van der Waals surface area contributed by atoms with Gasteiger partial charge in [-0.2, -0.15) is 0 Å². The van der Waals surface area contributed by atoms with Crippen LogP contribution in [0.3, 0.4) is 0 Å². The number of hydrogen-bond acceptors (Lipinski definition) is 3. The lowest BCUT2D eigenvalue weighted by atomic mass is 9.44. The highest BCUT2D eigenvalue weighted by Gasteiger charge is 2.58. The number of furan rings is 1. The molecule has 1 fully saturated rings. The Balaban J connectivity index is 1.84.